The third-order valence-electron chi connectivity index (χ3n) is 4.68. The van der Waals surface area contributed by atoms with Gasteiger partial charge in [-0.2, -0.15) is 0 Å². The highest BCUT2D eigenvalue weighted by atomic mass is 16.7. The van der Waals surface area contributed by atoms with E-state index in [4.69, 9.17) is 14.2 Å². The van der Waals surface area contributed by atoms with Crippen LogP contribution in [0.15, 0.2) is 12.1 Å². The zero-order valence-corrected chi connectivity index (χ0v) is 14.2. The molecule has 0 aliphatic carbocycles. The second kappa shape index (κ2) is 6.49. The van der Waals surface area contributed by atoms with Gasteiger partial charge >= 0.3 is 0 Å². The van der Waals surface area contributed by atoms with Crippen LogP contribution in [0.2, 0.25) is 0 Å². The number of hydrogen-bond acceptors (Lipinski definition) is 4. The van der Waals surface area contributed by atoms with E-state index in [1.807, 2.05) is 37.8 Å². The van der Waals surface area contributed by atoms with Gasteiger partial charge < -0.3 is 19.1 Å². The van der Waals surface area contributed by atoms with E-state index in [0.29, 0.717) is 32.9 Å². The fourth-order valence-electron chi connectivity index (χ4n) is 3.34. The van der Waals surface area contributed by atoms with Crippen molar-refractivity contribution < 1.29 is 19.0 Å². The molecule has 2 aliphatic heterocycles. The number of rotatable bonds is 3. The molecule has 1 amide bonds. The summed E-state index contributed by atoms with van der Waals surface area (Å²) in [4.78, 5) is 14.7. The van der Waals surface area contributed by atoms with Crippen molar-refractivity contribution in [2.24, 2.45) is 0 Å². The lowest BCUT2D eigenvalue weighted by atomic mass is 10.00. The number of ether oxygens (including phenoxy) is 3. The molecule has 5 nitrogen and oxygen atoms in total. The normalized spacial score (nSPS) is 20.0. The van der Waals surface area contributed by atoms with Crippen LogP contribution in [0.5, 0.6) is 5.75 Å². The Kier molecular flexibility index (Phi) is 4.60. The van der Waals surface area contributed by atoms with Gasteiger partial charge in [-0.15, -0.1) is 0 Å². The molecule has 0 N–H and O–H groups in total. The molecule has 0 bridgehead atoms. The van der Waals surface area contributed by atoms with Gasteiger partial charge in [-0.05, 0) is 44.0 Å². The van der Waals surface area contributed by atoms with Crippen molar-refractivity contribution in [1.82, 2.24) is 4.90 Å². The van der Waals surface area contributed by atoms with Gasteiger partial charge in [0.25, 0.3) is 5.91 Å². The van der Waals surface area contributed by atoms with Gasteiger partial charge in [0.1, 0.15) is 5.75 Å². The molecular weight excluding hydrogens is 294 g/mol. The SMILES string of the molecule is CCOc1cc(C)c(C(=O)N2CCC3(CC2)OCCO3)cc1C. The highest BCUT2D eigenvalue weighted by molar-refractivity contribution is 5.96. The summed E-state index contributed by atoms with van der Waals surface area (Å²) in [7, 11) is 0. The Balaban J connectivity index is 1.72. The first-order valence-electron chi connectivity index (χ1n) is 8.36. The lowest BCUT2D eigenvalue weighted by Gasteiger charge is -2.37. The molecule has 5 heteroatoms. The maximum absolute atomic E-state index is 12.8. The van der Waals surface area contributed by atoms with E-state index in [1.165, 1.54) is 0 Å². The molecular formula is C18H25NO4. The average molecular weight is 319 g/mol. The number of piperidine rings is 1. The van der Waals surface area contributed by atoms with Crippen molar-refractivity contribution in [3.05, 3.63) is 28.8 Å². The number of benzene rings is 1. The van der Waals surface area contributed by atoms with Crippen LogP contribution in [-0.4, -0.2) is 49.5 Å². The minimum absolute atomic E-state index is 0.0847. The zero-order valence-electron chi connectivity index (χ0n) is 14.2. The highest BCUT2D eigenvalue weighted by Gasteiger charge is 2.41. The molecule has 1 spiro atoms. The summed E-state index contributed by atoms with van der Waals surface area (Å²) in [5, 5.41) is 0. The van der Waals surface area contributed by atoms with E-state index < -0.39 is 5.79 Å². The van der Waals surface area contributed by atoms with E-state index >= 15 is 0 Å². The summed E-state index contributed by atoms with van der Waals surface area (Å²) in [5.41, 5.74) is 2.71. The Morgan fingerprint density at radius 2 is 1.83 bits per heavy atom. The van der Waals surface area contributed by atoms with Crippen LogP contribution in [0.1, 0.15) is 41.3 Å². The summed E-state index contributed by atoms with van der Waals surface area (Å²) >= 11 is 0. The van der Waals surface area contributed by atoms with E-state index in [2.05, 4.69) is 0 Å². The van der Waals surface area contributed by atoms with E-state index in [0.717, 1.165) is 35.3 Å². The van der Waals surface area contributed by atoms with Crippen molar-refractivity contribution in [3.8, 4) is 5.75 Å². The number of amides is 1. The van der Waals surface area contributed by atoms with Crippen LogP contribution in [0.4, 0.5) is 0 Å². The Bertz CT molecular complexity index is 583. The molecule has 0 atom stereocenters. The van der Waals surface area contributed by atoms with Gasteiger partial charge in [0.05, 0.1) is 19.8 Å². The summed E-state index contributed by atoms with van der Waals surface area (Å²) in [6.45, 7) is 9.19. The number of hydrogen-bond donors (Lipinski definition) is 0. The van der Waals surface area contributed by atoms with Crippen LogP contribution < -0.4 is 4.74 Å². The Morgan fingerprint density at radius 3 is 2.43 bits per heavy atom. The molecule has 1 aromatic carbocycles. The van der Waals surface area contributed by atoms with Crippen molar-refractivity contribution in [3.63, 3.8) is 0 Å². The van der Waals surface area contributed by atoms with Gasteiger partial charge in [-0.3, -0.25) is 4.79 Å². The van der Waals surface area contributed by atoms with Crippen LogP contribution in [-0.2, 0) is 9.47 Å². The molecule has 0 unspecified atom stereocenters. The van der Waals surface area contributed by atoms with Gasteiger partial charge in [-0.1, -0.05) is 0 Å². The molecule has 2 saturated heterocycles. The summed E-state index contributed by atoms with van der Waals surface area (Å²) in [6.07, 6.45) is 1.49. The molecule has 0 radical (unpaired) electrons. The number of carbonyl (C=O) groups excluding carboxylic acids is 1. The Morgan fingerprint density at radius 1 is 1.17 bits per heavy atom. The smallest absolute Gasteiger partial charge is 0.254 e. The quantitative estimate of drug-likeness (QED) is 0.859. The first-order valence-corrected chi connectivity index (χ1v) is 8.36. The third-order valence-corrected chi connectivity index (χ3v) is 4.68. The molecule has 2 fully saturated rings. The van der Waals surface area contributed by atoms with Gasteiger partial charge in [-0.25, -0.2) is 0 Å². The largest absolute Gasteiger partial charge is 0.494 e. The van der Waals surface area contributed by atoms with Crippen molar-refractivity contribution >= 4 is 5.91 Å². The molecule has 2 heterocycles. The molecule has 126 valence electrons. The number of aryl methyl sites for hydroxylation is 2. The standard InChI is InChI=1S/C18H25NO4/c1-4-21-16-12-13(2)15(11-14(16)3)17(20)19-7-5-18(6-8-19)22-9-10-23-18/h11-12H,4-10H2,1-3H3. The van der Waals surface area contributed by atoms with E-state index in [9.17, 15) is 4.79 Å². The predicted octanol–water partition coefficient (Wildman–Crippen LogP) is 2.68. The first-order chi connectivity index (χ1) is 11.0. The van der Waals surface area contributed by atoms with Gasteiger partial charge in [0.15, 0.2) is 5.79 Å². The van der Waals surface area contributed by atoms with E-state index in [1.54, 1.807) is 0 Å². The molecule has 2 aliphatic rings. The predicted molar refractivity (Wildman–Crippen MR) is 86.9 cm³/mol. The van der Waals surface area contributed by atoms with Gasteiger partial charge in [0.2, 0.25) is 0 Å². The second-order valence-electron chi connectivity index (χ2n) is 6.27. The van der Waals surface area contributed by atoms with Crippen molar-refractivity contribution in [2.45, 2.75) is 39.4 Å². The molecule has 3 rings (SSSR count). The molecule has 0 aromatic heterocycles. The number of likely N-dealkylation sites (tertiary alicyclic amines) is 1. The van der Waals surface area contributed by atoms with Gasteiger partial charge in [0, 0.05) is 31.5 Å². The highest BCUT2D eigenvalue weighted by Crippen LogP contribution is 2.32. The summed E-state index contributed by atoms with van der Waals surface area (Å²) in [5.74, 6) is 0.494. The lowest BCUT2D eigenvalue weighted by Crippen LogP contribution is -2.47. The van der Waals surface area contributed by atoms with Crippen LogP contribution in [0.3, 0.4) is 0 Å². The topological polar surface area (TPSA) is 48.0 Å². The van der Waals surface area contributed by atoms with Crippen molar-refractivity contribution in [1.29, 1.82) is 0 Å². The minimum atomic E-state index is -0.444. The second-order valence-corrected chi connectivity index (χ2v) is 6.27. The summed E-state index contributed by atoms with van der Waals surface area (Å²) in [6, 6.07) is 3.90. The Labute approximate surface area is 137 Å². The number of carbonyl (C=O) groups is 1. The summed E-state index contributed by atoms with van der Waals surface area (Å²) < 4.78 is 17.1. The average Bonchev–Trinajstić information content (AvgIpc) is 2.99. The van der Waals surface area contributed by atoms with E-state index in [-0.39, 0.29) is 5.91 Å². The molecule has 23 heavy (non-hydrogen) atoms. The van der Waals surface area contributed by atoms with Crippen LogP contribution in [0, 0.1) is 13.8 Å². The monoisotopic (exact) mass is 319 g/mol. The Hall–Kier alpha value is -1.59. The molecule has 1 aromatic rings. The zero-order chi connectivity index (χ0) is 16.4. The lowest BCUT2D eigenvalue weighted by molar-refractivity contribution is -0.181. The van der Waals surface area contributed by atoms with Crippen molar-refractivity contribution in [2.75, 3.05) is 32.9 Å². The molecule has 0 saturated carbocycles. The van der Waals surface area contributed by atoms with Crippen LogP contribution >= 0.6 is 0 Å². The fourth-order valence-corrected chi connectivity index (χ4v) is 3.34. The first kappa shape index (κ1) is 16.3. The third kappa shape index (κ3) is 3.21. The maximum Gasteiger partial charge on any atom is 0.254 e. The van der Waals surface area contributed by atoms with Crippen LogP contribution in [0.25, 0.3) is 0 Å². The fraction of sp³-hybridized carbons (Fsp3) is 0.611. The maximum atomic E-state index is 12.8. The number of nitrogens with zero attached hydrogens (tertiary/aromatic N) is 1. The minimum Gasteiger partial charge on any atom is -0.494 e.